The van der Waals surface area contributed by atoms with Gasteiger partial charge in [0.15, 0.2) is 12.3 Å². The first-order valence-corrected chi connectivity index (χ1v) is 10.2. The third-order valence-corrected chi connectivity index (χ3v) is 5.43. The van der Waals surface area contributed by atoms with Crippen LogP contribution in [0.5, 0.6) is 0 Å². The van der Waals surface area contributed by atoms with Crippen LogP contribution in [0.2, 0.25) is 0 Å². The van der Waals surface area contributed by atoms with Crippen molar-refractivity contribution >= 4 is 17.5 Å². The average molecular weight is 386 g/mol. The van der Waals surface area contributed by atoms with Crippen molar-refractivity contribution in [2.24, 2.45) is 0 Å². The number of hydrogen-bond donors (Lipinski definition) is 0. The Kier molecular flexibility index (Phi) is 6.65. The van der Waals surface area contributed by atoms with Gasteiger partial charge in [0.05, 0.1) is 5.69 Å². The predicted molar refractivity (Wildman–Crippen MR) is 106 cm³/mol. The minimum atomic E-state index is -0.351. The van der Waals surface area contributed by atoms with E-state index >= 15 is 0 Å². The van der Waals surface area contributed by atoms with Gasteiger partial charge in [0.2, 0.25) is 0 Å². The van der Waals surface area contributed by atoms with Crippen LogP contribution in [-0.4, -0.2) is 51.1 Å². The SMILES string of the molecule is Cc1cc2nc(C)c(CCC(=O)OCC(=O)N3CCCCCCC3)c(C)n2n1. The van der Waals surface area contributed by atoms with E-state index in [0.29, 0.717) is 6.42 Å². The number of carbonyl (C=O) groups excluding carboxylic acids is 2. The standard InChI is InChI=1S/C21H30N4O3/c1-15-13-19-22-16(2)18(17(3)25(19)23-15)9-10-21(27)28-14-20(26)24-11-7-5-4-6-8-12-24/h13H,4-12,14H2,1-3H3. The molecule has 0 N–H and O–H groups in total. The second-order valence-corrected chi connectivity index (χ2v) is 7.63. The molecular weight excluding hydrogens is 356 g/mol. The molecule has 0 saturated carbocycles. The highest BCUT2D eigenvalue weighted by Gasteiger charge is 2.18. The Bertz CT molecular complexity index is 851. The molecule has 2 aromatic heterocycles. The monoisotopic (exact) mass is 386 g/mol. The Balaban J connectivity index is 1.53. The van der Waals surface area contributed by atoms with Crippen LogP contribution in [-0.2, 0) is 20.7 Å². The number of aryl methyl sites for hydroxylation is 3. The van der Waals surface area contributed by atoms with Gasteiger partial charge in [-0.3, -0.25) is 9.59 Å². The lowest BCUT2D eigenvalue weighted by Gasteiger charge is -2.24. The normalized spacial score (nSPS) is 15.3. The Morgan fingerprint density at radius 1 is 1.07 bits per heavy atom. The van der Waals surface area contributed by atoms with Gasteiger partial charge in [-0.1, -0.05) is 19.3 Å². The first-order chi connectivity index (χ1) is 13.5. The largest absolute Gasteiger partial charge is 0.456 e. The van der Waals surface area contributed by atoms with Gasteiger partial charge in [-0.15, -0.1) is 0 Å². The summed E-state index contributed by atoms with van der Waals surface area (Å²) >= 11 is 0. The molecule has 3 rings (SSSR count). The fraction of sp³-hybridized carbons (Fsp3) is 0.619. The van der Waals surface area contributed by atoms with Crippen LogP contribution >= 0.6 is 0 Å². The van der Waals surface area contributed by atoms with E-state index in [4.69, 9.17) is 4.74 Å². The quantitative estimate of drug-likeness (QED) is 0.739. The average Bonchev–Trinajstić information content (AvgIpc) is 2.99. The van der Waals surface area contributed by atoms with Crippen molar-refractivity contribution in [1.29, 1.82) is 0 Å². The Labute approximate surface area is 166 Å². The van der Waals surface area contributed by atoms with E-state index < -0.39 is 0 Å². The molecule has 0 unspecified atom stereocenters. The molecule has 0 aliphatic carbocycles. The maximum absolute atomic E-state index is 12.3. The van der Waals surface area contributed by atoms with Crippen molar-refractivity contribution in [2.45, 2.75) is 65.7 Å². The van der Waals surface area contributed by atoms with Crippen molar-refractivity contribution in [3.8, 4) is 0 Å². The summed E-state index contributed by atoms with van der Waals surface area (Å²) in [6.45, 7) is 7.24. The number of hydrogen-bond acceptors (Lipinski definition) is 5. The first-order valence-electron chi connectivity index (χ1n) is 10.2. The maximum Gasteiger partial charge on any atom is 0.306 e. The summed E-state index contributed by atoms with van der Waals surface area (Å²) in [6.07, 6.45) is 6.38. The Morgan fingerprint density at radius 3 is 2.46 bits per heavy atom. The highest BCUT2D eigenvalue weighted by atomic mass is 16.5. The van der Waals surface area contributed by atoms with Gasteiger partial charge in [-0.05, 0) is 45.6 Å². The number of amides is 1. The fourth-order valence-electron chi connectivity index (χ4n) is 3.83. The van der Waals surface area contributed by atoms with Crippen LogP contribution in [0.3, 0.4) is 0 Å². The van der Waals surface area contributed by atoms with Gasteiger partial charge < -0.3 is 9.64 Å². The van der Waals surface area contributed by atoms with Crippen molar-refractivity contribution in [3.05, 3.63) is 28.7 Å². The van der Waals surface area contributed by atoms with E-state index in [-0.39, 0.29) is 24.9 Å². The summed E-state index contributed by atoms with van der Waals surface area (Å²) in [6, 6.07) is 1.94. The number of ether oxygens (including phenoxy) is 1. The van der Waals surface area contributed by atoms with E-state index in [9.17, 15) is 9.59 Å². The lowest BCUT2D eigenvalue weighted by molar-refractivity contribution is -0.152. The minimum Gasteiger partial charge on any atom is -0.456 e. The van der Waals surface area contributed by atoms with Crippen molar-refractivity contribution in [2.75, 3.05) is 19.7 Å². The molecule has 1 aliphatic rings. The molecule has 7 nitrogen and oxygen atoms in total. The van der Waals surface area contributed by atoms with Gasteiger partial charge in [0.25, 0.3) is 5.91 Å². The molecule has 1 aliphatic heterocycles. The predicted octanol–water partition coefficient (Wildman–Crippen LogP) is 2.92. The summed E-state index contributed by atoms with van der Waals surface area (Å²) in [5.74, 6) is -0.436. The topological polar surface area (TPSA) is 76.8 Å². The molecule has 152 valence electrons. The summed E-state index contributed by atoms with van der Waals surface area (Å²) in [7, 11) is 0. The smallest absolute Gasteiger partial charge is 0.306 e. The number of nitrogens with zero attached hydrogens (tertiary/aromatic N) is 4. The van der Waals surface area contributed by atoms with E-state index in [1.165, 1.54) is 6.42 Å². The van der Waals surface area contributed by atoms with Gasteiger partial charge in [0.1, 0.15) is 0 Å². The van der Waals surface area contributed by atoms with Crippen LogP contribution in [0.25, 0.3) is 5.65 Å². The maximum atomic E-state index is 12.3. The van der Waals surface area contributed by atoms with E-state index in [1.54, 1.807) is 0 Å². The molecule has 28 heavy (non-hydrogen) atoms. The number of esters is 1. The van der Waals surface area contributed by atoms with Crippen LogP contribution in [0.1, 0.15) is 61.2 Å². The van der Waals surface area contributed by atoms with Crippen molar-refractivity contribution in [1.82, 2.24) is 19.5 Å². The van der Waals surface area contributed by atoms with E-state index in [0.717, 1.165) is 67.1 Å². The van der Waals surface area contributed by atoms with Gasteiger partial charge in [0, 0.05) is 37.0 Å². The number of carbonyl (C=O) groups is 2. The zero-order valence-corrected chi connectivity index (χ0v) is 17.2. The first kappa shape index (κ1) is 20.3. The van der Waals surface area contributed by atoms with Crippen LogP contribution in [0, 0.1) is 20.8 Å². The lowest BCUT2D eigenvalue weighted by Crippen LogP contribution is -2.37. The second-order valence-electron chi connectivity index (χ2n) is 7.63. The molecule has 0 radical (unpaired) electrons. The van der Waals surface area contributed by atoms with Gasteiger partial charge in [-0.25, -0.2) is 9.50 Å². The highest BCUT2D eigenvalue weighted by molar-refractivity contribution is 5.80. The molecule has 1 fully saturated rings. The van der Waals surface area contributed by atoms with Crippen LogP contribution in [0.4, 0.5) is 0 Å². The summed E-state index contributed by atoms with van der Waals surface area (Å²) in [5, 5.41) is 4.45. The molecule has 3 heterocycles. The summed E-state index contributed by atoms with van der Waals surface area (Å²) in [4.78, 5) is 30.9. The molecule has 0 aromatic carbocycles. The molecule has 0 bridgehead atoms. The zero-order chi connectivity index (χ0) is 20.1. The summed E-state index contributed by atoms with van der Waals surface area (Å²) in [5.41, 5.74) is 4.61. The molecule has 1 saturated heterocycles. The molecule has 0 spiro atoms. The lowest BCUT2D eigenvalue weighted by atomic mass is 10.1. The van der Waals surface area contributed by atoms with Gasteiger partial charge >= 0.3 is 5.97 Å². The zero-order valence-electron chi connectivity index (χ0n) is 17.2. The Morgan fingerprint density at radius 2 is 1.75 bits per heavy atom. The molecule has 2 aromatic rings. The van der Waals surface area contributed by atoms with Crippen molar-refractivity contribution in [3.63, 3.8) is 0 Å². The Hall–Kier alpha value is -2.44. The third kappa shape index (κ3) is 4.88. The fourth-order valence-corrected chi connectivity index (χ4v) is 3.83. The second kappa shape index (κ2) is 9.17. The van der Waals surface area contributed by atoms with E-state index in [1.807, 2.05) is 36.3 Å². The number of rotatable bonds is 5. The van der Waals surface area contributed by atoms with E-state index in [2.05, 4.69) is 10.1 Å². The van der Waals surface area contributed by atoms with Crippen molar-refractivity contribution < 1.29 is 14.3 Å². The van der Waals surface area contributed by atoms with Crippen LogP contribution in [0.15, 0.2) is 6.07 Å². The molecular formula is C21H30N4O3. The van der Waals surface area contributed by atoms with Gasteiger partial charge in [-0.2, -0.15) is 5.10 Å². The third-order valence-electron chi connectivity index (χ3n) is 5.43. The highest BCUT2D eigenvalue weighted by Crippen LogP contribution is 2.17. The number of aromatic nitrogens is 3. The minimum absolute atomic E-state index is 0.0855. The number of likely N-dealkylation sites (tertiary alicyclic amines) is 1. The summed E-state index contributed by atoms with van der Waals surface area (Å²) < 4.78 is 7.06. The number of fused-ring (bicyclic) bond motifs is 1. The molecule has 1 amide bonds. The molecule has 7 heteroatoms. The van der Waals surface area contributed by atoms with Crippen LogP contribution < -0.4 is 0 Å². The molecule has 0 atom stereocenters.